The Labute approximate surface area is 158 Å². The molecule has 0 atom stereocenters. The van der Waals surface area contributed by atoms with Crippen molar-refractivity contribution < 1.29 is 39.0 Å². The van der Waals surface area contributed by atoms with Crippen molar-refractivity contribution in [2.45, 2.75) is 0 Å². The highest BCUT2D eigenvalue weighted by atomic mass is 31.2. The smallest absolute Gasteiger partial charge is 0.466 e. The summed E-state index contributed by atoms with van der Waals surface area (Å²) in [6.45, 7) is 0. The third-order valence-electron chi connectivity index (χ3n) is 3.51. The summed E-state index contributed by atoms with van der Waals surface area (Å²) in [4.78, 5) is 45.4. The number of amides is 1. The van der Waals surface area contributed by atoms with Crippen molar-refractivity contribution in [2.24, 2.45) is 0 Å². The molecule has 0 aromatic heterocycles. The zero-order chi connectivity index (χ0) is 20.9. The van der Waals surface area contributed by atoms with Crippen LogP contribution in [0.25, 0.3) is 10.8 Å². The van der Waals surface area contributed by atoms with E-state index in [1.165, 1.54) is 6.07 Å². The molecular weight excluding hydrogens is 389 g/mol. The lowest BCUT2D eigenvalue weighted by atomic mass is 9.98. The Morgan fingerprint density at radius 1 is 0.893 bits per heavy atom. The number of fused-ring (bicyclic) bond motifs is 1. The number of hydrogen-bond donors (Lipinski definition) is 6. The molecule has 10 heteroatoms. The molecule has 0 spiro atoms. The molecule has 0 saturated carbocycles. The van der Waals surface area contributed by atoms with E-state index >= 15 is 0 Å². The number of carbonyl (C=O) groups excluding carboxylic acids is 1. The molecule has 0 aliphatic rings. The summed E-state index contributed by atoms with van der Waals surface area (Å²) in [6, 6.07) is 16.9. The molecule has 0 radical (unpaired) electrons. The van der Waals surface area contributed by atoms with Crippen molar-refractivity contribution in [1.29, 1.82) is 0 Å². The molecule has 0 aliphatic heterocycles. The van der Waals surface area contributed by atoms with Crippen LogP contribution in [0.1, 0.15) is 20.7 Å². The van der Waals surface area contributed by atoms with Gasteiger partial charge in [0.05, 0.1) is 5.56 Å². The van der Waals surface area contributed by atoms with Crippen molar-refractivity contribution in [3.8, 4) is 5.75 Å². The van der Waals surface area contributed by atoms with Gasteiger partial charge in [0, 0.05) is 5.69 Å². The van der Waals surface area contributed by atoms with Gasteiger partial charge in [0.25, 0.3) is 5.91 Å². The van der Waals surface area contributed by atoms with Crippen LogP contribution < -0.4 is 5.32 Å². The van der Waals surface area contributed by atoms with Crippen molar-refractivity contribution >= 4 is 36.2 Å². The molecule has 6 N–H and O–H groups in total. The van der Waals surface area contributed by atoms with E-state index in [-0.39, 0.29) is 11.1 Å². The number of phosphoric acid groups is 1. The minimum atomic E-state index is -4.64. The molecule has 0 aliphatic carbocycles. The lowest BCUT2D eigenvalue weighted by Gasteiger charge is -2.12. The number of para-hydroxylation sites is 1. The zero-order valence-corrected chi connectivity index (χ0v) is 15.1. The van der Waals surface area contributed by atoms with Gasteiger partial charge in [-0.15, -0.1) is 0 Å². The summed E-state index contributed by atoms with van der Waals surface area (Å²) < 4.78 is 8.88. The summed E-state index contributed by atoms with van der Waals surface area (Å²) in [5.74, 6) is -2.39. The van der Waals surface area contributed by atoms with Crippen LogP contribution in [-0.2, 0) is 4.57 Å². The number of carbonyl (C=O) groups is 2. The minimum absolute atomic E-state index is 0.0515. The van der Waals surface area contributed by atoms with Gasteiger partial charge < -0.3 is 30.2 Å². The summed E-state index contributed by atoms with van der Waals surface area (Å²) in [6.07, 6.45) is 0. The van der Waals surface area contributed by atoms with E-state index in [2.05, 4.69) is 5.32 Å². The summed E-state index contributed by atoms with van der Waals surface area (Å²) in [7, 11) is -4.64. The van der Waals surface area contributed by atoms with Crippen LogP contribution in [0.2, 0.25) is 0 Å². The van der Waals surface area contributed by atoms with E-state index in [1.54, 1.807) is 48.5 Å². The highest BCUT2D eigenvalue weighted by Gasteiger charge is 2.22. The SMILES string of the molecule is O=C(O)c1cc2ccccc2c(C(=O)Nc2ccccc2)c1O.O=P(O)(O)O. The maximum absolute atomic E-state index is 12.6. The van der Waals surface area contributed by atoms with Gasteiger partial charge in [0.1, 0.15) is 11.3 Å². The molecule has 0 bridgehead atoms. The number of hydrogen-bond acceptors (Lipinski definition) is 4. The van der Waals surface area contributed by atoms with Crippen molar-refractivity contribution in [1.82, 2.24) is 0 Å². The number of aromatic hydroxyl groups is 1. The van der Waals surface area contributed by atoms with Gasteiger partial charge in [0.2, 0.25) is 0 Å². The van der Waals surface area contributed by atoms with Crippen LogP contribution in [0.3, 0.4) is 0 Å². The van der Waals surface area contributed by atoms with Crippen LogP contribution in [0.15, 0.2) is 60.7 Å². The molecule has 146 valence electrons. The number of nitrogens with one attached hydrogen (secondary N) is 1. The average Bonchev–Trinajstić information content (AvgIpc) is 2.60. The van der Waals surface area contributed by atoms with Gasteiger partial charge in [-0.2, -0.15) is 0 Å². The molecule has 0 heterocycles. The van der Waals surface area contributed by atoms with Gasteiger partial charge >= 0.3 is 13.8 Å². The average molecular weight is 405 g/mol. The van der Waals surface area contributed by atoms with Crippen LogP contribution in [0, 0.1) is 0 Å². The van der Waals surface area contributed by atoms with Gasteiger partial charge in [-0.25, -0.2) is 9.36 Å². The van der Waals surface area contributed by atoms with Gasteiger partial charge in [-0.3, -0.25) is 4.79 Å². The third-order valence-corrected chi connectivity index (χ3v) is 3.51. The van der Waals surface area contributed by atoms with Gasteiger partial charge in [-0.1, -0.05) is 42.5 Å². The van der Waals surface area contributed by atoms with Crippen molar-refractivity contribution in [3.05, 3.63) is 71.8 Å². The summed E-state index contributed by atoms with van der Waals surface area (Å²) in [5.41, 5.74) is 0.202. The second-order valence-electron chi connectivity index (χ2n) is 5.51. The maximum atomic E-state index is 12.6. The van der Waals surface area contributed by atoms with Gasteiger partial charge in [0.15, 0.2) is 0 Å². The molecule has 0 unspecified atom stereocenters. The Hall–Kier alpha value is -3.23. The fourth-order valence-electron chi connectivity index (χ4n) is 2.44. The molecule has 0 fully saturated rings. The number of aromatic carboxylic acids is 1. The van der Waals surface area contributed by atoms with Crippen LogP contribution in [0.4, 0.5) is 5.69 Å². The Morgan fingerprint density at radius 2 is 1.43 bits per heavy atom. The third kappa shape index (κ3) is 5.63. The Kier molecular flexibility index (Phi) is 6.50. The molecular formula is C18H16NO8P. The first-order valence-electron chi connectivity index (χ1n) is 7.70. The highest BCUT2D eigenvalue weighted by molar-refractivity contribution is 7.45. The van der Waals surface area contributed by atoms with E-state index < -0.39 is 25.4 Å². The summed E-state index contributed by atoms with van der Waals surface area (Å²) in [5, 5.41) is 23.2. The monoisotopic (exact) mass is 405 g/mol. The Balaban J connectivity index is 0.000000500. The highest BCUT2D eigenvalue weighted by Crippen LogP contribution is 2.32. The topological polar surface area (TPSA) is 164 Å². The number of benzene rings is 3. The van der Waals surface area contributed by atoms with E-state index in [4.69, 9.17) is 19.2 Å². The maximum Gasteiger partial charge on any atom is 0.466 e. The van der Waals surface area contributed by atoms with E-state index in [1.807, 2.05) is 6.07 Å². The molecule has 28 heavy (non-hydrogen) atoms. The number of phenols is 1. The fraction of sp³-hybridized carbons (Fsp3) is 0. The summed E-state index contributed by atoms with van der Waals surface area (Å²) >= 11 is 0. The van der Waals surface area contributed by atoms with Crippen LogP contribution in [-0.4, -0.2) is 36.8 Å². The quantitative estimate of drug-likeness (QED) is 0.362. The number of anilines is 1. The zero-order valence-electron chi connectivity index (χ0n) is 14.2. The second kappa shape index (κ2) is 8.64. The first-order chi connectivity index (χ1) is 13.1. The first kappa shape index (κ1) is 21.1. The molecule has 1 amide bonds. The predicted octanol–water partition coefficient (Wildman–Crippen LogP) is 2.57. The van der Waals surface area contributed by atoms with E-state index in [0.29, 0.717) is 16.5 Å². The number of carboxylic acid groups (broad SMARTS) is 1. The lowest BCUT2D eigenvalue weighted by molar-refractivity contribution is 0.0694. The first-order valence-corrected chi connectivity index (χ1v) is 9.27. The largest absolute Gasteiger partial charge is 0.506 e. The Morgan fingerprint density at radius 3 is 2.00 bits per heavy atom. The molecule has 0 saturated heterocycles. The predicted molar refractivity (Wildman–Crippen MR) is 101 cm³/mol. The second-order valence-corrected chi connectivity index (χ2v) is 6.53. The van der Waals surface area contributed by atoms with Gasteiger partial charge in [-0.05, 0) is 29.0 Å². The molecule has 3 aromatic rings. The minimum Gasteiger partial charge on any atom is -0.506 e. The van der Waals surface area contributed by atoms with Crippen molar-refractivity contribution in [2.75, 3.05) is 5.32 Å². The lowest BCUT2D eigenvalue weighted by Crippen LogP contribution is -2.14. The van der Waals surface area contributed by atoms with Crippen LogP contribution in [0.5, 0.6) is 5.75 Å². The number of carboxylic acids is 1. The Bertz CT molecular complexity index is 1050. The van der Waals surface area contributed by atoms with Crippen LogP contribution >= 0.6 is 7.82 Å². The van der Waals surface area contributed by atoms with Crippen molar-refractivity contribution in [3.63, 3.8) is 0 Å². The van der Waals surface area contributed by atoms with E-state index in [0.717, 1.165) is 0 Å². The molecule has 3 rings (SSSR count). The fourth-order valence-corrected chi connectivity index (χ4v) is 2.44. The standard InChI is InChI=1S/C18H13NO4.H3O4P/c20-16-14(18(22)23)10-11-6-4-5-9-13(11)15(16)17(21)19-12-7-2-1-3-8-12;1-5(2,3)4/h1-10,20H,(H,19,21)(H,22,23);(H3,1,2,3,4). The van der Waals surface area contributed by atoms with E-state index in [9.17, 15) is 19.8 Å². The number of rotatable bonds is 3. The normalized spacial score (nSPS) is 10.7. The molecule has 9 nitrogen and oxygen atoms in total. The molecule has 3 aromatic carbocycles.